The molecule has 0 fully saturated rings. The van der Waals surface area contributed by atoms with Crippen LogP contribution in [0.25, 0.3) is 11.1 Å². The number of halogens is 1. The highest BCUT2D eigenvalue weighted by Crippen LogP contribution is 2.31. The maximum absolute atomic E-state index is 5.81. The molecule has 0 saturated carbocycles. The first-order chi connectivity index (χ1) is 8.22. The number of hydrogen-bond donors (Lipinski definition) is 1. The second-order valence-corrected chi connectivity index (χ2v) is 4.54. The summed E-state index contributed by atoms with van der Waals surface area (Å²) in [5, 5.41) is 3.96. The summed E-state index contributed by atoms with van der Waals surface area (Å²) < 4.78 is 11.1. The highest BCUT2D eigenvalue weighted by atomic mass is 79.9. The molecular weight excluding hydrogens is 284 g/mol. The average Bonchev–Trinajstić information content (AvgIpc) is 2.68. The van der Waals surface area contributed by atoms with Crippen LogP contribution in [0.3, 0.4) is 0 Å². The zero-order chi connectivity index (χ0) is 12.3. The molecule has 0 atom stereocenters. The Labute approximate surface area is 108 Å². The lowest BCUT2D eigenvalue weighted by atomic mass is 10.0. The smallest absolute Gasteiger partial charge is 0.230 e. The summed E-state index contributed by atoms with van der Waals surface area (Å²) in [5.74, 6) is 0.342. The van der Waals surface area contributed by atoms with Crippen molar-refractivity contribution in [2.24, 2.45) is 0 Å². The Balaban J connectivity index is 2.39. The minimum atomic E-state index is 0.342. The number of benzene rings is 1. The van der Waals surface area contributed by atoms with Crippen molar-refractivity contribution in [3.63, 3.8) is 0 Å². The fourth-order valence-corrected chi connectivity index (χ4v) is 2.06. The molecule has 1 heterocycles. The number of nitrogen functional groups attached to an aromatic ring is 1. The van der Waals surface area contributed by atoms with Crippen LogP contribution in [0.2, 0.25) is 0 Å². The highest BCUT2D eigenvalue weighted by molar-refractivity contribution is 9.10. The molecule has 0 spiro atoms. The van der Waals surface area contributed by atoms with Gasteiger partial charge in [-0.25, -0.2) is 0 Å². The zero-order valence-corrected chi connectivity index (χ0v) is 11.0. The van der Waals surface area contributed by atoms with Crippen molar-refractivity contribution < 1.29 is 9.26 Å². The van der Waals surface area contributed by atoms with Gasteiger partial charge in [0.25, 0.3) is 0 Å². The first-order valence-electron chi connectivity index (χ1n) is 5.21. The fraction of sp³-hybridized carbons (Fsp3) is 0.250. The van der Waals surface area contributed by atoms with E-state index >= 15 is 0 Å². The topological polar surface area (TPSA) is 61.3 Å². The predicted molar refractivity (Wildman–Crippen MR) is 69.6 cm³/mol. The van der Waals surface area contributed by atoms with E-state index in [2.05, 4.69) is 21.1 Å². The van der Waals surface area contributed by atoms with Gasteiger partial charge in [-0.1, -0.05) is 33.2 Å². The minimum Gasteiger partial charge on any atom is -0.384 e. The summed E-state index contributed by atoms with van der Waals surface area (Å²) in [7, 11) is 1.65. The van der Waals surface area contributed by atoms with Crippen molar-refractivity contribution in [3.8, 4) is 11.1 Å². The van der Waals surface area contributed by atoms with E-state index in [0.717, 1.165) is 21.3 Å². The molecule has 5 heteroatoms. The van der Waals surface area contributed by atoms with Gasteiger partial charge in [-0.15, -0.1) is 0 Å². The average molecular weight is 297 g/mol. The summed E-state index contributed by atoms with van der Waals surface area (Å²) in [5.41, 5.74) is 8.47. The van der Waals surface area contributed by atoms with Crippen LogP contribution < -0.4 is 5.73 Å². The van der Waals surface area contributed by atoms with Crippen molar-refractivity contribution in [1.29, 1.82) is 0 Å². The maximum Gasteiger partial charge on any atom is 0.230 e. The van der Waals surface area contributed by atoms with E-state index in [9.17, 15) is 0 Å². The van der Waals surface area contributed by atoms with Crippen LogP contribution in [0.5, 0.6) is 0 Å². The van der Waals surface area contributed by atoms with Crippen molar-refractivity contribution >= 4 is 21.8 Å². The summed E-state index contributed by atoms with van der Waals surface area (Å²) in [6.07, 6.45) is 0.680. The minimum absolute atomic E-state index is 0.342. The lowest BCUT2D eigenvalue weighted by Crippen LogP contribution is -1.97. The first kappa shape index (κ1) is 12.1. The molecule has 0 amide bonds. The Kier molecular flexibility index (Phi) is 3.81. The van der Waals surface area contributed by atoms with Crippen LogP contribution in [0.1, 0.15) is 5.69 Å². The molecule has 0 saturated heterocycles. The van der Waals surface area contributed by atoms with Gasteiger partial charge in [-0.05, 0) is 17.7 Å². The van der Waals surface area contributed by atoms with Gasteiger partial charge < -0.3 is 15.0 Å². The summed E-state index contributed by atoms with van der Waals surface area (Å²) in [6, 6.07) is 7.87. The molecule has 0 aliphatic carbocycles. The normalized spacial score (nSPS) is 10.7. The Hall–Kier alpha value is -1.33. The van der Waals surface area contributed by atoms with Crippen molar-refractivity contribution in [3.05, 3.63) is 34.4 Å². The van der Waals surface area contributed by atoms with Crippen LogP contribution in [0.4, 0.5) is 5.88 Å². The van der Waals surface area contributed by atoms with E-state index in [-0.39, 0.29) is 0 Å². The molecule has 0 unspecified atom stereocenters. The molecule has 90 valence electrons. The van der Waals surface area contributed by atoms with Crippen LogP contribution >= 0.6 is 15.9 Å². The van der Waals surface area contributed by atoms with Gasteiger partial charge in [0.15, 0.2) is 0 Å². The monoisotopic (exact) mass is 296 g/mol. The molecule has 1 aromatic heterocycles. The SMILES string of the molecule is COCCc1noc(N)c1-c1cccc(Br)c1. The van der Waals surface area contributed by atoms with E-state index in [1.54, 1.807) is 7.11 Å². The third-order valence-electron chi connectivity index (χ3n) is 2.45. The molecule has 1 aromatic carbocycles. The summed E-state index contributed by atoms with van der Waals surface area (Å²) in [4.78, 5) is 0. The standard InChI is InChI=1S/C12H13BrN2O2/c1-16-6-5-10-11(12(14)17-15-10)8-3-2-4-9(13)7-8/h2-4,7H,5-6,14H2,1H3. The van der Waals surface area contributed by atoms with E-state index < -0.39 is 0 Å². The first-order valence-corrected chi connectivity index (χ1v) is 6.00. The molecule has 2 aromatic rings. The lowest BCUT2D eigenvalue weighted by molar-refractivity contribution is 0.200. The number of anilines is 1. The fourth-order valence-electron chi connectivity index (χ4n) is 1.66. The second-order valence-electron chi connectivity index (χ2n) is 3.62. The number of nitrogens with zero attached hydrogens (tertiary/aromatic N) is 1. The largest absolute Gasteiger partial charge is 0.384 e. The van der Waals surface area contributed by atoms with Crippen molar-refractivity contribution in [2.75, 3.05) is 19.5 Å². The van der Waals surface area contributed by atoms with Gasteiger partial charge in [0.05, 0.1) is 17.9 Å². The molecule has 17 heavy (non-hydrogen) atoms. The van der Waals surface area contributed by atoms with Gasteiger partial charge in [0, 0.05) is 18.0 Å². The van der Waals surface area contributed by atoms with Crippen LogP contribution in [0.15, 0.2) is 33.3 Å². The van der Waals surface area contributed by atoms with Crippen LogP contribution in [-0.4, -0.2) is 18.9 Å². The number of rotatable bonds is 4. The second kappa shape index (κ2) is 5.33. The molecule has 4 nitrogen and oxygen atoms in total. The van der Waals surface area contributed by atoms with E-state index in [4.69, 9.17) is 15.0 Å². The molecule has 0 aliphatic heterocycles. The van der Waals surface area contributed by atoms with E-state index in [0.29, 0.717) is 18.9 Å². The Morgan fingerprint density at radius 1 is 1.47 bits per heavy atom. The highest BCUT2D eigenvalue weighted by Gasteiger charge is 2.15. The quantitative estimate of drug-likeness (QED) is 0.942. The molecule has 0 aliphatic rings. The van der Waals surface area contributed by atoms with Gasteiger partial charge >= 0.3 is 0 Å². The zero-order valence-electron chi connectivity index (χ0n) is 9.44. The summed E-state index contributed by atoms with van der Waals surface area (Å²) >= 11 is 3.43. The summed E-state index contributed by atoms with van der Waals surface area (Å²) in [6.45, 7) is 0.590. The lowest BCUT2D eigenvalue weighted by Gasteiger charge is -2.02. The number of nitrogens with two attached hydrogens (primary N) is 1. The van der Waals surface area contributed by atoms with E-state index in [1.807, 2.05) is 24.3 Å². The molecule has 0 radical (unpaired) electrons. The van der Waals surface area contributed by atoms with Crippen LogP contribution in [-0.2, 0) is 11.2 Å². The predicted octanol–water partition coefficient (Wildman–Crippen LogP) is 2.88. The molecular formula is C12H13BrN2O2. The van der Waals surface area contributed by atoms with Gasteiger partial charge in [-0.3, -0.25) is 0 Å². The number of ether oxygens (including phenoxy) is 1. The van der Waals surface area contributed by atoms with Gasteiger partial charge in [0.1, 0.15) is 0 Å². The third kappa shape index (κ3) is 2.68. The third-order valence-corrected chi connectivity index (χ3v) is 2.94. The Morgan fingerprint density at radius 2 is 2.29 bits per heavy atom. The maximum atomic E-state index is 5.81. The van der Waals surface area contributed by atoms with Gasteiger partial charge in [-0.2, -0.15) is 0 Å². The van der Waals surface area contributed by atoms with Crippen LogP contribution in [0, 0.1) is 0 Å². The van der Waals surface area contributed by atoms with Crippen molar-refractivity contribution in [1.82, 2.24) is 5.16 Å². The van der Waals surface area contributed by atoms with E-state index in [1.165, 1.54) is 0 Å². The molecule has 0 bridgehead atoms. The number of methoxy groups -OCH3 is 1. The van der Waals surface area contributed by atoms with Crippen molar-refractivity contribution in [2.45, 2.75) is 6.42 Å². The molecule has 2 rings (SSSR count). The molecule has 2 N–H and O–H groups in total. The van der Waals surface area contributed by atoms with Gasteiger partial charge in [0.2, 0.25) is 5.88 Å². The number of hydrogen-bond acceptors (Lipinski definition) is 4. The Bertz CT molecular complexity index is 511. The Morgan fingerprint density at radius 3 is 3.00 bits per heavy atom. The number of aromatic nitrogens is 1.